The smallest absolute Gasteiger partial charge is 0.255 e. The highest BCUT2D eigenvalue weighted by Gasteiger charge is 2.15. The van der Waals surface area contributed by atoms with Gasteiger partial charge in [0.15, 0.2) is 5.16 Å². The third-order valence-corrected chi connectivity index (χ3v) is 4.54. The maximum absolute atomic E-state index is 12.4. The van der Waals surface area contributed by atoms with Gasteiger partial charge in [-0.25, -0.2) is 4.98 Å². The van der Waals surface area contributed by atoms with Crippen molar-refractivity contribution in [1.82, 2.24) is 9.97 Å². The van der Waals surface area contributed by atoms with Gasteiger partial charge in [-0.05, 0) is 29.2 Å². The van der Waals surface area contributed by atoms with E-state index in [1.54, 1.807) is 0 Å². The molecule has 3 nitrogen and oxygen atoms in total. The predicted octanol–water partition coefficient (Wildman–Crippen LogP) is 4.33. The first kappa shape index (κ1) is 17.8. The molecule has 0 saturated carbocycles. The predicted molar refractivity (Wildman–Crippen MR) is 98.6 cm³/mol. The Balaban J connectivity index is 2.34. The Kier molecular flexibility index (Phi) is 5.69. The Morgan fingerprint density at radius 2 is 1.83 bits per heavy atom. The van der Waals surface area contributed by atoms with Crippen molar-refractivity contribution < 1.29 is 0 Å². The molecule has 1 aromatic carbocycles. The number of hydrogen-bond acceptors (Lipinski definition) is 3. The second kappa shape index (κ2) is 7.35. The molecule has 124 valence electrons. The molecular weight excluding hydrogens is 304 g/mol. The minimum Gasteiger partial charge on any atom is -0.301 e. The molecule has 0 amide bonds. The monoisotopic (exact) mass is 330 g/mol. The van der Waals surface area contributed by atoms with Crippen molar-refractivity contribution in [2.75, 3.05) is 6.26 Å². The normalized spacial score (nSPS) is 11.7. The maximum Gasteiger partial charge on any atom is 0.255 e. The minimum absolute atomic E-state index is 0.00676. The van der Waals surface area contributed by atoms with E-state index < -0.39 is 0 Å². The van der Waals surface area contributed by atoms with Crippen LogP contribution < -0.4 is 5.56 Å². The lowest BCUT2D eigenvalue weighted by Gasteiger charge is -2.19. The standard InChI is InChI=1S/C19H26N2OS/c1-6-7-16-15(17(22)21-18(20-16)23-5)12-13-8-10-14(11-9-13)19(2,3)4/h8-11H,6-7,12H2,1-5H3,(H,20,21,22). The number of rotatable bonds is 5. The number of nitrogens with one attached hydrogen (secondary N) is 1. The van der Waals surface area contributed by atoms with Gasteiger partial charge in [-0.3, -0.25) is 4.79 Å². The zero-order chi connectivity index (χ0) is 17.0. The van der Waals surface area contributed by atoms with Crippen LogP contribution in [-0.4, -0.2) is 16.2 Å². The van der Waals surface area contributed by atoms with Gasteiger partial charge < -0.3 is 4.98 Å². The van der Waals surface area contributed by atoms with Crippen molar-refractivity contribution in [3.8, 4) is 0 Å². The van der Waals surface area contributed by atoms with Crippen LogP contribution in [0, 0.1) is 0 Å². The van der Waals surface area contributed by atoms with Gasteiger partial charge in [-0.1, -0.05) is 70.1 Å². The number of aromatic nitrogens is 2. The van der Waals surface area contributed by atoms with E-state index in [9.17, 15) is 4.79 Å². The van der Waals surface area contributed by atoms with E-state index in [2.05, 4.69) is 61.9 Å². The number of hydrogen-bond donors (Lipinski definition) is 1. The quantitative estimate of drug-likeness (QED) is 0.655. The molecule has 2 aromatic rings. The van der Waals surface area contributed by atoms with Crippen LogP contribution in [0.25, 0.3) is 0 Å². The summed E-state index contributed by atoms with van der Waals surface area (Å²) in [5.41, 5.74) is 4.32. The summed E-state index contributed by atoms with van der Waals surface area (Å²) in [4.78, 5) is 19.9. The summed E-state index contributed by atoms with van der Waals surface area (Å²) in [6, 6.07) is 8.57. The second-order valence-corrected chi connectivity index (χ2v) is 7.67. The highest BCUT2D eigenvalue weighted by atomic mass is 32.2. The Morgan fingerprint density at radius 1 is 1.17 bits per heavy atom. The van der Waals surface area contributed by atoms with Crippen molar-refractivity contribution >= 4 is 11.8 Å². The van der Waals surface area contributed by atoms with Crippen molar-refractivity contribution in [1.29, 1.82) is 0 Å². The van der Waals surface area contributed by atoms with E-state index in [1.165, 1.54) is 17.3 Å². The second-order valence-electron chi connectivity index (χ2n) is 6.87. The molecule has 0 aliphatic rings. The summed E-state index contributed by atoms with van der Waals surface area (Å²) in [5, 5.41) is 0.699. The summed E-state index contributed by atoms with van der Waals surface area (Å²) in [6.45, 7) is 8.73. The topological polar surface area (TPSA) is 45.8 Å². The third kappa shape index (κ3) is 4.47. The molecule has 1 N–H and O–H groups in total. The number of aromatic amines is 1. The molecule has 0 bridgehead atoms. The fourth-order valence-corrected chi connectivity index (χ4v) is 2.97. The highest BCUT2D eigenvalue weighted by Crippen LogP contribution is 2.23. The fraction of sp³-hybridized carbons (Fsp3) is 0.474. The van der Waals surface area contributed by atoms with E-state index in [0.29, 0.717) is 11.6 Å². The Bertz CT molecular complexity index is 712. The van der Waals surface area contributed by atoms with E-state index in [-0.39, 0.29) is 11.0 Å². The van der Waals surface area contributed by atoms with Crippen molar-refractivity contribution in [2.24, 2.45) is 0 Å². The Hall–Kier alpha value is -1.55. The highest BCUT2D eigenvalue weighted by molar-refractivity contribution is 7.98. The molecule has 0 aliphatic carbocycles. The van der Waals surface area contributed by atoms with E-state index >= 15 is 0 Å². The van der Waals surface area contributed by atoms with Crippen LogP contribution in [0.4, 0.5) is 0 Å². The molecule has 0 atom stereocenters. The molecule has 4 heteroatoms. The molecule has 0 fully saturated rings. The zero-order valence-corrected chi connectivity index (χ0v) is 15.5. The van der Waals surface area contributed by atoms with Crippen LogP contribution in [0.5, 0.6) is 0 Å². The fourth-order valence-electron chi connectivity index (χ4n) is 2.57. The lowest BCUT2D eigenvalue weighted by molar-refractivity contribution is 0.590. The molecule has 0 saturated heterocycles. The first-order valence-corrected chi connectivity index (χ1v) is 9.33. The SMILES string of the molecule is CCCc1nc(SC)[nH]c(=O)c1Cc1ccc(C(C)(C)C)cc1. The van der Waals surface area contributed by atoms with Crippen LogP contribution in [0.15, 0.2) is 34.2 Å². The van der Waals surface area contributed by atoms with Crippen LogP contribution in [0.1, 0.15) is 56.5 Å². The average Bonchev–Trinajstić information content (AvgIpc) is 2.50. The molecule has 23 heavy (non-hydrogen) atoms. The molecule has 1 heterocycles. The van der Waals surface area contributed by atoms with Crippen LogP contribution >= 0.6 is 11.8 Å². The van der Waals surface area contributed by atoms with Crippen LogP contribution in [0.2, 0.25) is 0 Å². The van der Waals surface area contributed by atoms with Gasteiger partial charge in [0.25, 0.3) is 5.56 Å². The number of benzene rings is 1. The van der Waals surface area contributed by atoms with Crippen molar-refractivity contribution in [3.63, 3.8) is 0 Å². The third-order valence-electron chi connectivity index (χ3n) is 3.96. The number of thioether (sulfide) groups is 1. The van der Waals surface area contributed by atoms with Gasteiger partial charge in [-0.2, -0.15) is 0 Å². The van der Waals surface area contributed by atoms with E-state index in [0.717, 1.165) is 29.7 Å². The van der Waals surface area contributed by atoms with E-state index in [4.69, 9.17) is 0 Å². The first-order chi connectivity index (χ1) is 10.8. The molecular formula is C19H26N2OS. The number of nitrogens with zero attached hydrogens (tertiary/aromatic N) is 1. The molecule has 1 aromatic heterocycles. The average molecular weight is 330 g/mol. The summed E-state index contributed by atoms with van der Waals surface area (Å²) < 4.78 is 0. The molecule has 0 radical (unpaired) electrons. The summed E-state index contributed by atoms with van der Waals surface area (Å²) >= 11 is 1.48. The zero-order valence-electron chi connectivity index (χ0n) is 14.7. The van der Waals surface area contributed by atoms with Crippen molar-refractivity contribution in [2.45, 2.75) is 57.5 Å². The van der Waals surface area contributed by atoms with Crippen LogP contribution in [0.3, 0.4) is 0 Å². The molecule has 2 rings (SSSR count). The lowest BCUT2D eigenvalue weighted by Crippen LogP contribution is -2.19. The largest absolute Gasteiger partial charge is 0.301 e. The van der Waals surface area contributed by atoms with Gasteiger partial charge in [0.2, 0.25) is 0 Å². The number of aryl methyl sites for hydroxylation is 1. The van der Waals surface area contributed by atoms with Gasteiger partial charge in [-0.15, -0.1) is 0 Å². The van der Waals surface area contributed by atoms with Crippen LogP contribution in [-0.2, 0) is 18.3 Å². The molecule has 0 spiro atoms. The Morgan fingerprint density at radius 3 is 2.35 bits per heavy atom. The lowest BCUT2D eigenvalue weighted by atomic mass is 9.86. The Labute approximate surface area is 142 Å². The maximum atomic E-state index is 12.4. The summed E-state index contributed by atoms with van der Waals surface area (Å²) in [7, 11) is 0. The van der Waals surface area contributed by atoms with Gasteiger partial charge >= 0.3 is 0 Å². The minimum atomic E-state index is -0.00676. The first-order valence-electron chi connectivity index (χ1n) is 8.10. The summed E-state index contributed by atoms with van der Waals surface area (Å²) in [5.74, 6) is 0. The van der Waals surface area contributed by atoms with Gasteiger partial charge in [0.05, 0.1) is 5.69 Å². The van der Waals surface area contributed by atoms with Gasteiger partial charge in [0, 0.05) is 12.0 Å². The molecule has 0 aliphatic heterocycles. The van der Waals surface area contributed by atoms with Crippen molar-refractivity contribution in [3.05, 3.63) is 57.0 Å². The van der Waals surface area contributed by atoms with E-state index in [1.807, 2.05) is 6.26 Å². The molecule has 0 unspecified atom stereocenters. The number of H-pyrrole nitrogens is 1. The van der Waals surface area contributed by atoms with Gasteiger partial charge in [0.1, 0.15) is 0 Å². The summed E-state index contributed by atoms with van der Waals surface area (Å²) in [6.07, 6.45) is 4.39.